The molecule has 1 N–H and O–H groups in total. The average molecular weight is 321 g/mol. The number of nitrogens with one attached hydrogen (secondary N) is 1. The Kier molecular flexibility index (Phi) is 4.77. The molecule has 1 aromatic heterocycles. The lowest BCUT2D eigenvalue weighted by Crippen LogP contribution is -2.33. The molecule has 6 nitrogen and oxygen atoms in total. The maximum Gasteiger partial charge on any atom is 0.336 e. The minimum absolute atomic E-state index is 0.0930. The monoisotopic (exact) mass is 321 g/mol. The van der Waals surface area contributed by atoms with Gasteiger partial charge in [-0.05, 0) is 18.4 Å². The quantitative estimate of drug-likeness (QED) is 0.669. The van der Waals surface area contributed by atoms with Gasteiger partial charge in [-0.25, -0.2) is 9.59 Å². The van der Waals surface area contributed by atoms with Crippen LogP contribution in [0.4, 0.5) is 0 Å². The summed E-state index contributed by atoms with van der Waals surface area (Å²) in [5.41, 5.74) is 0.956. The smallest absolute Gasteiger partial charge is 0.336 e. The Labute approximate surface area is 131 Å². The lowest BCUT2D eigenvalue weighted by molar-refractivity contribution is -0.137. The molecule has 1 atom stereocenters. The molecule has 1 aliphatic heterocycles. The van der Waals surface area contributed by atoms with Crippen molar-refractivity contribution in [3.8, 4) is 0 Å². The van der Waals surface area contributed by atoms with Crippen molar-refractivity contribution in [2.45, 2.75) is 12.8 Å². The van der Waals surface area contributed by atoms with Gasteiger partial charge in [0.25, 0.3) is 0 Å². The Bertz CT molecular complexity index is 672. The predicted octanol–water partition coefficient (Wildman–Crippen LogP) is 1.51. The highest BCUT2D eigenvalue weighted by molar-refractivity contribution is 7.10. The summed E-state index contributed by atoms with van der Waals surface area (Å²) in [5.74, 6) is -1.92. The van der Waals surface area contributed by atoms with Gasteiger partial charge in [0.05, 0.1) is 37.0 Å². The van der Waals surface area contributed by atoms with Gasteiger partial charge in [0.2, 0.25) is 0 Å². The van der Waals surface area contributed by atoms with Crippen LogP contribution >= 0.6 is 11.3 Å². The van der Waals surface area contributed by atoms with Crippen LogP contribution in [0, 0.1) is 0 Å². The van der Waals surface area contributed by atoms with Gasteiger partial charge in [0.15, 0.2) is 6.29 Å². The number of dihydropyridines is 1. The zero-order valence-corrected chi connectivity index (χ0v) is 13.2. The average Bonchev–Trinajstić information content (AvgIpc) is 3.06. The molecule has 0 aromatic carbocycles. The Morgan fingerprint density at radius 3 is 2.36 bits per heavy atom. The summed E-state index contributed by atoms with van der Waals surface area (Å²) in [4.78, 5) is 36.4. The molecule has 0 bridgehead atoms. The summed E-state index contributed by atoms with van der Waals surface area (Å²) in [5, 5.41) is 4.61. The normalized spacial score (nSPS) is 17.9. The minimum atomic E-state index is -0.693. The predicted molar refractivity (Wildman–Crippen MR) is 80.0 cm³/mol. The Balaban J connectivity index is 2.69. The molecule has 0 aliphatic carbocycles. The van der Waals surface area contributed by atoms with Crippen molar-refractivity contribution in [2.75, 3.05) is 14.2 Å². The van der Waals surface area contributed by atoms with Crippen LogP contribution in [0.15, 0.2) is 40.1 Å². The number of carbonyl (C=O) groups excluding carboxylic acids is 3. The number of hydrogen-bond acceptors (Lipinski definition) is 7. The molecule has 1 unspecified atom stereocenters. The van der Waals surface area contributed by atoms with Crippen molar-refractivity contribution < 1.29 is 23.9 Å². The summed E-state index contributed by atoms with van der Waals surface area (Å²) in [6.45, 7) is 1.66. The molecule has 116 valence electrons. The molecule has 0 fully saturated rings. The number of rotatable bonds is 4. The number of esters is 2. The van der Waals surface area contributed by atoms with E-state index >= 15 is 0 Å². The highest BCUT2D eigenvalue weighted by Crippen LogP contribution is 2.40. The summed E-state index contributed by atoms with van der Waals surface area (Å²) in [6, 6.07) is 3.60. The largest absolute Gasteiger partial charge is 0.466 e. The lowest BCUT2D eigenvalue weighted by Gasteiger charge is -2.28. The van der Waals surface area contributed by atoms with E-state index in [1.54, 1.807) is 13.0 Å². The molecule has 2 rings (SSSR count). The van der Waals surface area contributed by atoms with Gasteiger partial charge in [0, 0.05) is 10.6 Å². The van der Waals surface area contributed by atoms with E-state index in [2.05, 4.69) is 5.32 Å². The van der Waals surface area contributed by atoms with Gasteiger partial charge in [-0.1, -0.05) is 6.07 Å². The standard InChI is InChI=1S/C15H15NO5S/c1-8-11(14(18)20-2)13(10-5-4-6-22-10)12(15(19)21-3)9(7-17)16-8/h4-7,13,16H,1-3H3. The molecule has 1 aliphatic rings. The van der Waals surface area contributed by atoms with Crippen LogP contribution in [0.2, 0.25) is 0 Å². The van der Waals surface area contributed by atoms with Gasteiger partial charge in [0.1, 0.15) is 0 Å². The van der Waals surface area contributed by atoms with Crippen molar-refractivity contribution in [3.63, 3.8) is 0 Å². The second-order valence-electron chi connectivity index (χ2n) is 4.54. The zero-order valence-electron chi connectivity index (χ0n) is 12.3. The van der Waals surface area contributed by atoms with Crippen LogP contribution in [-0.4, -0.2) is 32.4 Å². The van der Waals surface area contributed by atoms with Gasteiger partial charge in [-0.3, -0.25) is 4.79 Å². The van der Waals surface area contributed by atoms with E-state index in [0.717, 1.165) is 4.88 Å². The summed E-state index contributed by atoms with van der Waals surface area (Å²) < 4.78 is 9.61. The van der Waals surface area contributed by atoms with Gasteiger partial charge < -0.3 is 14.8 Å². The second kappa shape index (κ2) is 6.57. The lowest BCUT2D eigenvalue weighted by atomic mass is 9.84. The number of aldehydes is 1. The fourth-order valence-electron chi connectivity index (χ4n) is 2.40. The number of carbonyl (C=O) groups is 3. The highest BCUT2D eigenvalue weighted by atomic mass is 32.1. The third kappa shape index (κ3) is 2.67. The minimum Gasteiger partial charge on any atom is -0.466 e. The third-order valence-electron chi connectivity index (χ3n) is 3.35. The Hall–Kier alpha value is -2.41. The Morgan fingerprint density at radius 2 is 1.86 bits per heavy atom. The third-order valence-corrected chi connectivity index (χ3v) is 4.29. The zero-order chi connectivity index (χ0) is 16.3. The number of hydrogen-bond donors (Lipinski definition) is 1. The van der Waals surface area contributed by atoms with E-state index in [4.69, 9.17) is 9.47 Å². The van der Waals surface area contributed by atoms with Crippen LogP contribution in [0.1, 0.15) is 17.7 Å². The first-order chi connectivity index (χ1) is 10.5. The molecule has 22 heavy (non-hydrogen) atoms. The molecule has 1 aromatic rings. The topological polar surface area (TPSA) is 81.7 Å². The fourth-order valence-corrected chi connectivity index (χ4v) is 3.25. The number of ether oxygens (including phenoxy) is 2. The van der Waals surface area contributed by atoms with Crippen molar-refractivity contribution in [1.82, 2.24) is 5.32 Å². The molecule has 0 radical (unpaired) electrons. The van der Waals surface area contributed by atoms with Crippen molar-refractivity contribution >= 4 is 29.6 Å². The summed E-state index contributed by atoms with van der Waals surface area (Å²) in [6.07, 6.45) is 0.546. The van der Waals surface area contributed by atoms with Crippen LogP contribution < -0.4 is 5.32 Å². The molecule has 0 saturated heterocycles. The van der Waals surface area contributed by atoms with Crippen LogP contribution in [0.25, 0.3) is 0 Å². The van der Waals surface area contributed by atoms with E-state index in [1.165, 1.54) is 25.6 Å². The number of thiophene rings is 1. The first-order valence-electron chi connectivity index (χ1n) is 6.42. The number of methoxy groups -OCH3 is 2. The fraction of sp³-hybridized carbons (Fsp3) is 0.267. The molecule has 0 spiro atoms. The maximum atomic E-state index is 12.2. The molecular formula is C15H15NO5S. The molecule has 2 heterocycles. The van der Waals surface area contributed by atoms with Gasteiger partial charge in [-0.2, -0.15) is 0 Å². The van der Waals surface area contributed by atoms with Crippen LogP contribution in [-0.2, 0) is 23.9 Å². The maximum absolute atomic E-state index is 12.2. The van der Waals surface area contributed by atoms with Gasteiger partial charge in [-0.15, -0.1) is 11.3 Å². The molecular weight excluding hydrogens is 306 g/mol. The first-order valence-corrected chi connectivity index (χ1v) is 7.30. The number of allylic oxidation sites excluding steroid dienone is 2. The van der Waals surface area contributed by atoms with Crippen LogP contribution in [0.5, 0.6) is 0 Å². The summed E-state index contributed by atoms with van der Waals surface area (Å²) >= 11 is 1.38. The molecule has 0 amide bonds. The second-order valence-corrected chi connectivity index (χ2v) is 5.52. The van der Waals surface area contributed by atoms with E-state index in [9.17, 15) is 14.4 Å². The van der Waals surface area contributed by atoms with E-state index in [-0.39, 0.29) is 16.8 Å². The van der Waals surface area contributed by atoms with E-state index < -0.39 is 17.9 Å². The van der Waals surface area contributed by atoms with Gasteiger partial charge >= 0.3 is 11.9 Å². The van der Waals surface area contributed by atoms with E-state index in [1.807, 2.05) is 11.4 Å². The van der Waals surface area contributed by atoms with Crippen molar-refractivity contribution in [1.29, 1.82) is 0 Å². The SMILES string of the molecule is COC(=O)C1=C(C)NC(C=O)=C(C(=O)OC)C1c1cccs1. The van der Waals surface area contributed by atoms with Crippen LogP contribution in [0.3, 0.4) is 0 Å². The first kappa shape index (κ1) is 16.0. The summed E-state index contributed by atoms with van der Waals surface area (Å²) in [7, 11) is 2.50. The molecule has 7 heteroatoms. The van der Waals surface area contributed by atoms with Crippen molar-refractivity contribution in [2.24, 2.45) is 0 Å². The van der Waals surface area contributed by atoms with E-state index in [0.29, 0.717) is 12.0 Å². The van der Waals surface area contributed by atoms with Crippen molar-refractivity contribution in [3.05, 3.63) is 44.9 Å². The molecule has 0 saturated carbocycles. The Morgan fingerprint density at radius 1 is 1.23 bits per heavy atom. The highest BCUT2D eigenvalue weighted by Gasteiger charge is 2.39.